The van der Waals surface area contributed by atoms with Gasteiger partial charge in [0.05, 0.1) is 12.2 Å². The van der Waals surface area contributed by atoms with Crippen LogP contribution in [-0.2, 0) is 20.7 Å². The summed E-state index contributed by atoms with van der Waals surface area (Å²) in [6.45, 7) is 1.97. The number of rotatable bonds is 7. The van der Waals surface area contributed by atoms with Gasteiger partial charge in [0.15, 0.2) is 0 Å². The predicted octanol–water partition coefficient (Wildman–Crippen LogP) is 2.09. The molecule has 0 aliphatic heterocycles. The van der Waals surface area contributed by atoms with Gasteiger partial charge in [0.1, 0.15) is 6.29 Å². The number of carboxylic acid groups (broad SMARTS) is 1. The third kappa shape index (κ3) is 5.06. The molecular formula is C15H16O5. The molecule has 1 aromatic rings. The number of hydrogen-bond acceptors (Lipinski definition) is 4. The van der Waals surface area contributed by atoms with Crippen molar-refractivity contribution in [3.8, 4) is 0 Å². The van der Waals surface area contributed by atoms with Crippen molar-refractivity contribution in [2.75, 3.05) is 6.61 Å². The highest BCUT2D eigenvalue weighted by Gasteiger charge is 2.09. The summed E-state index contributed by atoms with van der Waals surface area (Å²) in [5.41, 5.74) is 1.71. The SMILES string of the molecule is CCOC(=O)c1cc(/C=C/C(=O)O)cc(CCC=O)c1. The van der Waals surface area contributed by atoms with E-state index in [0.717, 1.165) is 17.9 Å². The van der Waals surface area contributed by atoms with Gasteiger partial charge < -0.3 is 14.6 Å². The van der Waals surface area contributed by atoms with Crippen LogP contribution in [0, 0.1) is 0 Å². The third-order valence-corrected chi connectivity index (χ3v) is 2.50. The predicted molar refractivity (Wildman–Crippen MR) is 73.5 cm³/mol. The van der Waals surface area contributed by atoms with Gasteiger partial charge in [0, 0.05) is 12.5 Å². The Balaban J connectivity index is 3.09. The first-order chi connectivity index (χ1) is 9.56. The van der Waals surface area contributed by atoms with Crippen molar-refractivity contribution < 1.29 is 24.2 Å². The smallest absolute Gasteiger partial charge is 0.338 e. The number of carbonyl (C=O) groups excluding carboxylic acids is 2. The Labute approximate surface area is 116 Å². The van der Waals surface area contributed by atoms with Gasteiger partial charge in [-0.1, -0.05) is 6.07 Å². The third-order valence-electron chi connectivity index (χ3n) is 2.50. The molecule has 1 rings (SSSR count). The maximum atomic E-state index is 11.7. The molecule has 0 fully saturated rings. The van der Waals surface area contributed by atoms with Crippen molar-refractivity contribution in [2.45, 2.75) is 19.8 Å². The van der Waals surface area contributed by atoms with Crippen LogP contribution in [0.25, 0.3) is 6.08 Å². The van der Waals surface area contributed by atoms with Gasteiger partial charge in [0.2, 0.25) is 0 Å². The molecule has 0 radical (unpaired) electrons. The first kappa shape index (κ1) is 15.6. The van der Waals surface area contributed by atoms with Crippen LogP contribution < -0.4 is 0 Å². The molecule has 0 aliphatic rings. The highest BCUT2D eigenvalue weighted by molar-refractivity contribution is 5.91. The van der Waals surface area contributed by atoms with E-state index in [1.807, 2.05) is 0 Å². The quantitative estimate of drug-likeness (QED) is 0.468. The lowest BCUT2D eigenvalue weighted by atomic mass is 10.0. The molecule has 0 aromatic heterocycles. The molecule has 0 amide bonds. The second kappa shape index (κ2) is 7.89. The average Bonchev–Trinajstić information content (AvgIpc) is 2.43. The van der Waals surface area contributed by atoms with Crippen molar-refractivity contribution in [1.29, 1.82) is 0 Å². The van der Waals surface area contributed by atoms with Crippen molar-refractivity contribution in [3.63, 3.8) is 0 Å². The fourth-order valence-electron chi connectivity index (χ4n) is 1.68. The number of carbonyl (C=O) groups is 3. The lowest BCUT2D eigenvalue weighted by Gasteiger charge is -2.06. The number of hydrogen-bond donors (Lipinski definition) is 1. The van der Waals surface area contributed by atoms with Gasteiger partial charge >= 0.3 is 11.9 Å². The highest BCUT2D eigenvalue weighted by atomic mass is 16.5. The van der Waals surface area contributed by atoms with Crippen LogP contribution in [0.2, 0.25) is 0 Å². The summed E-state index contributed by atoms with van der Waals surface area (Å²) in [5.74, 6) is -1.54. The Morgan fingerprint density at radius 1 is 1.30 bits per heavy atom. The van der Waals surface area contributed by atoms with Crippen LogP contribution in [0.15, 0.2) is 24.3 Å². The number of ether oxygens (including phenoxy) is 1. The Hall–Kier alpha value is -2.43. The van der Waals surface area contributed by atoms with Crippen molar-refractivity contribution >= 4 is 24.3 Å². The fraction of sp³-hybridized carbons (Fsp3) is 0.267. The zero-order valence-electron chi connectivity index (χ0n) is 11.2. The minimum Gasteiger partial charge on any atom is -0.478 e. The summed E-state index contributed by atoms with van der Waals surface area (Å²) < 4.78 is 4.92. The van der Waals surface area contributed by atoms with E-state index in [2.05, 4.69) is 0 Å². The number of aryl methyl sites for hydroxylation is 1. The van der Waals surface area contributed by atoms with E-state index < -0.39 is 11.9 Å². The molecule has 0 unspecified atom stereocenters. The number of aldehydes is 1. The Morgan fingerprint density at radius 2 is 2.05 bits per heavy atom. The molecule has 5 nitrogen and oxygen atoms in total. The van der Waals surface area contributed by atoms with Crippen molar-refractivity contribution in [3.05, 3.63) is 41.0 Å². The van der Waals surface area contributed by atoms with Crippen LogP contribution >= 0.6 is 0 Å². The second-order valence-electron chi connectivity index (χ2n) is 4.06. The number of esters is 1. The molecule has 0 saturated carbocycles. The summed E-state index contributed by atoms with van der Waals surface area (Å²) in [7, 11) is 0. The normalized spacial score (nSPS) is 10.4. The van der Waals surface area contributed by atoms with Gasteiger partial charge in [-0.05, 0) is 42.7 Å². The maximum Gasteiger partial charge on any atom is 0.338 e. The zero-order chi connectivity index (χ0) is 15.0. The van der Waals surface area contributed by atoms with Gasteiger partial charge in [-0.15, -0.1) is 0 Å². The Morgan fingerprint density at radius 3 is 2.65 bits per heavy atom. The largest absolute Gasteiger partial charge is 0.478 e. The molecule has 20 heavy (non-hydrogen) atoms. The van der Waals surface area contributed by atoms with Crippen molar-refractivity contribution in [1.82, 2.24) is 0 Å². The Bertz CT molecular complexity index is 531. The molecule has 0 heterocycles. The zero-order valence-corrected chi connectivity index (χ0v) is 11.2. The minimum absolute atomic E-state index is 0.262. The van der Waals surface area contributed by atoms with Crippen LogP contribution in [0.5, 0.6) is 0 Å². The van der Waals surface area contributed by atoms with Gasteiger partial charge in [-0.3, -0.25) is 0 Å². The van der Waals surface area contributed by atoms with E-state index in [1.54, 1.807) is 25.1 Å². The van der Waals surface area contributed by atoms with Crippen LogP contribution in [-0.4, -0.2) is 29.9 Å². The van der Waals surface area contributed by atoms with E-state index in [1.165, 1.54) is 6.08 Å². The van der Waals surface area contributed by atoms with Crippen molar-refractivity contribution in [2.24, 2.45) is 0 Å². The van der Waals surface area contributed by atoms with Crippen LogP contribution in [0.4, 0.5) is 0 Å². The van der Waals surface area contributed by atoms with Gasteiger partial charge in [-0.2, -0.15) is 0 Å². The Kier molecular flexibility index (Phi) is 6.16. The average molecular weight is 276 g/mol. The van der Waals surface area contributed by atoms with E-state index in [4.69, 9.17) is 9.84 Å². The fourth-order valence-corrected chi connectivity index (χ4v) is 1.68. The minimum atomic E-state index is -1.07. The molecule has 0 bridgehead atoms. The topological polar surface area (TPSA) is 80.7 Å². The number of carboxylic acids is 1. The standard InChI is InChI=1S/C15H16O5/c1-2-20-15(19)13-9-11(4-3-7-16)8-12(10-13)5-6-14(17)18/h5-10H,2-4H2,1H3,(H,17,18)/b6-5+. The monoisotopic (exact) mass is 276 g/mol. The van der Waals surface area contributed by atoms with E-state index in [-0.39, 0.29) is 6.61 Å². The first-order valence-electron chi connectivity index (χ1n) is 6.22. The highest BCUT2D eigenvalue weighted by Crippen LogP contribution is 2.15. The summed E-state index contributed by atoms with van der Waals surface area (Å²) in [6.07, 6.45) is 4.02. The molecule has 106 valence electrons. The lowest BCUT2D eigenvalue weighted by molar-refractivity contribution is -0.131. The molecule has 1 aromatic carbocycles. The van der Waals surface area contributed by atoms with E-state index in [9.17, 15) is 14.4 Å². The molecule has 0 saturated heterocycles. The summed E-state index contributed by atoms with van der Waals surface area (Å²) in [4.78, 5) is 32.7. The molecule has 5 heteroatoms. The van der Waals surface area contributed by atoms with E-state index in [0.29, 0.717) is 24.0 Å². The second-order valence-corrected chi connectivity index (χ2v) is 4.06. The van der Waals surface area contributed by atoms with Crippen LogP contribution in [0.1, 0.15) is 34.8 Å². The molecule has 0 spiro atoms. The molecule has 0 atom stereocenters. The number of benzene rings is 1. The summed E-state index contributed by atoms with van der Waals surface area (Å²) in [6, 6.07) is 4.95. The molecular weight excluding hydrogens is 260 g/mol. The maximum absolute atomic E-state index is 11.7. The molecule has 1 N–H and O–H groups in total. The summed E-state index contributed by atoms with van der Waals surface area (Å²) >= 11 is 0. The lowest BCUT2D eigenvalue weighted by Crippen LogP contribution is -2.06. The first-order valence-corrected chi connectivity index (χ1v) is 6.22. The number of aliphatic carboxylic acids is 1. The molecule has 0 aliphatic carbocycles. The van der Waals surface area contributed by atoms with Gasteiger partial charge in [0.25, 0.3) is 0 Å². The summed E-state index contributed by atoms with van der Waals surface area (Å²) in [5, 5.41) is 8.62. The van der Waals surface area contributed by atoms with E-state index >= 15 is 0 Å². The van der Waals surface area contributed by atoms with Crippen LogP contribution in [0.3, 0.4) is 0 Å². The van der Waals surface area contributed by atoms with Gasteiger partial charge in [-0.25, -0.2) is 9.59 Å².